The second-order valence-electron chi connectivity index (χ2n) is 4.04. The Morgan fingerprint density at radius 3 is 2.35 bits per heavy atom. The van der Waals surface area contributed by atoms with Gasteiger partial charge in [0.2, 0.25) is 5.95 Å². The molecule has 0 aliphatic rings. The minimum atomic E-state index is -0.839. The fourth-order valence-electron chi connectivity index (χ4n) is 1.93. The summed E-state index contributed by atoms with van der Waals surface area (Å²) in [6.45, 7) is 0. The highest BCUT2D eigenvalue weighted by Gasteiger charge is 2.19. The Kier molecular flexibility index (Phi) is 2.89. The minimum absolute atomic E-state index is 0.0177. The van der Waals surface area contributed by atoms with Gasteiger partial charge in [-0.05, 0) is 12.1 Å². The highest BCUT2D eigenvalue weighted by Crippen LogP contribution is 2.31. The van der Waals surface area contributed by atoms with Gasteiger partial charge < -0.3 is 5.73 Å². The number of nitrogens with zero attached hydrogens (tertiary/aromatic N) is 3. The van der Waals surface area contributed by atoms with Crippen molar-refractivity contribution in [2.24, 2.45) is 0 Å². The molecule has 2 heterocycles. The van der Waals surface area contributed by atoms with Crippen LogP contribution >= 0.6 is 15.9 Å². The van der Waals surface area contributed by atoms with Crippen LogP contribution in [0.1, 0.15) is 0 Å². The second-order valence-corrected chi connectivity index (χ2v) is 4.95. The number of nitrogen functional groups attached to an aromatic ring is 1. The van der Waals surface area contributed by atoms with E-state index in [4.69, 9.17) is 5.73 Å². The number of benzene rings is 1. The fourth-order valence-corrected chi connectivity index (χ4v) is 2.33. The first-order valence-corrected chi connectivity index (χ1v) is 6.21. The van der Waals surface area contributed by atoms with Gasteiger partial charge in [-0.1, -0.05) is 15.9 Å². The summed E-state index contributed by atoms with van der Waals surface area (Å²) in [7, 11) is 0. The first-order valence-electron chi connectivity index (χ1n) is 5.42. The number of fused-ring (bicyclic) bond motifs is 1. The van der Waals surface area contributed by atoms with E-state index in [-0.39, 0.29) is 27.2 Å². The van der Waals surface area contributed by atoms with Gasteiger partial charge in [-0.25, -0.2) is 22.7 Å². The van der Waals surface area contributed by atoms with Gasteiger partial charge in [0.1, 0.15) is 17.2 Å². The molecule has 0 atom stereocenters. The first kappa shape index (κ1) is 12.9. The normalized spacial score (nSPS) is 11.2. The van der Waals surface area contributed by atoms with Gasteiger partial charge >= 0.3 is 0 Å². The molecule has 4 nitrogen and oxygen atoms in total. The van der Waals surface area contributed by atoms with E-state index in [1.54, 1.807) is 0 Å². The fraction of sp³-hybridized carbons (Fsp3) is 0. The van der Waals surface area contributed by atoms with Gasteiger partial charge in [0.25, 0.3) is 0 Å². The van der Waals surface area contributed by atoms with Crippen LogP contribution in [0, 0.1) is 17.5 Å². The summed E-state index contributed by atoms with van der Waals surface area (Å²) < 4.78 is 42.9. The summed E-state index contributed by atoms with van der Waals surface area (Å²) in [6, 6.07) is 3.15. The van der Waals surface area contributed by atoms with Gasteiger partial charge in [-0.3, -0.25) is 0 Å². The molecule has 0 fully saturated rings. The Bertz CT molecular complexity index is 808. The van der Waals surface area contributed by atoms with Crippen LogP contribution in [0.2, 0.25) is 0 Å². The molecule has 0 amide bonds. The van der Waals surface area contributed by atoms with E-state index in [1.165, 1.54) is 0 Å². The van der Waals surface area contributed by atoms with Crippen LogP contribution in [-0.4, -0.2) is 14.6 Å². The molecule has 0 saturated carbocycles. The molecule has 0 aliphatic carbocycles. The molecule has 102 valence electrons. The molecule has 3 aromatic rings. The number of anilines is 1. The number of halogens is 4. The third-order valence-electron chi connectivity index (χ3n) is 2.75. The van der Waals surface area contributed by atoms with Gasteiger partial charge in [-0.15, -0.1) is 5.10 Å². The van der Waals surface area contributed by atoms with Crippen LogP contribution in [0.25, 0.3) is 16.8 Å². The molecule has 0 spiro atoms. The Morgan fingerprint density at radius 1 is 1.05 bits per heavy atom. The van der Waals surface area contributed by atoms with Crippen molar-refractivity contribution in [1.82, 2.24) is 14.6 Å². The number of nitrogens with two attached hydrogens (primary N) is 1. The Hall–Kier alpha value is -2.09. The Morgan fingerprint density at radius 2 is 1.70 bits per heavy atom. The van der Waals surface area contributed by atoms with E-state index in [2.05, 4.69) is 26.0 Å². The van der Waals surface area contributed by atoms with E-state index in [0.29, 0.717) is 0 Å². The van der Waals surface area contributed by atoms with E-state index < -0.39 is 17.5 Å². The summed E-state index contributed by atoms with van der Waals surface area (Å²) in [5, 5.41) is 3.78. The average Bonchev–Trinajstić information content (AvgIpc) is 2.65. The summed E-state index contributed by atoms with van der Waals surface area (Å²) in [5.41, 5.74) is 4.94. The van der Waals surface area contributed by atoms with Crippen LogP contribution in [0.5, 0.6) is 0 Å². The van der Waals surface area contributed by atoms with Crippen LogP contribution in [0.15, 0.2) is 28.9 Å². The molecule has 0 saturated heterocycles. The largest absolute Gasteiger partial charge is 0.367 e. The summed E-state index contributed by atoms with van der Waals surface area (Å²) in [4.78, 5) is 3.64. The van der Waals surface area contributed by atoms with E-state index in [9.17, 15) is 13.2 Å². The Balaban J connectivity index is 2.38. The van der Waals surface area contributed by atoms with Crippen molar-refractivity contribution in [3.8, 4) is 11.3 Å². The lowest BCUT2D eigenvalue weighted by Gasteiger charge is -2.06. The lowest BCUT2D eigenvalue weighted by Crippen LogP contribution is -2.03. The number of aromatic nitrogens is 3. The second kappa shape index (κ2) is 4.48. The molecule has 0 bridgehead atoms. The Labute approximate surface area is 119 Å². The average molecular weight is 343 g/mol. The molecule has 20 heavy (non-hydrogen) atoms. The SMILES string of the molecule is Nc1ncc2c(F)cc(-c3c(F)cc(Br)cc3F)n2n1. The van der Waals surface area contributed by atoms with Crippen molar-refractivity contribution in [1.29, 1.82) is 0 Å². The predicted octanol–water partition coefficient (Wildman–Crippen LogP) is 3.16. The quantitative estimate of drug-likeness (QED) is 0.739. The molecular formula is C12H6BrF3N4. The monoisotopic (exact) mass is 342 g/mol. The maximum absolute atomic E-state index is 14.0. The molecular weight excluding hydrogens is 337 g/mol. The van der Waals surface area contributed by atoms with E-state index in [1.807, 2.05) is 0 Å². The summed E-state index contributed by atoms with van der Waals surface area (Å²) in [5.74, 6) is -2.50. The van der Waals surface area contributed by atoms with Crippen molar-refractivity contribution in [2.45, 2.75) is 0 Å². The molecule has 8 heteroatoms. The van der Waals surface area contributed by atoms with Crippen LogP contribution in [0.3, 0.4) is 0 Å². The van der Waals surface area contributed by atoms with Crippen molar-refractivity contribution >= 4 is 27.4 Å². The van der Waals surface area contributed by atoms with Crippen molar-refractivity contribution in [2.75, 3.05) is 5.73 Å². The van der Waals surface area contributed by atoms with Crippen molar-refractivity contribution < 1.29 is 13.2 Å². The lowest BCUT2D eigenvalue weighted by molar-refractivity contribution is 0.586. The summed E-state index contributed by atoms with van der Waals surface area (Å²) >= 11 is 2.98. The standard InChI is InChI=1S/C12H6BrF3N4/c13-5-1-7(15)11(8(16)2-5)9-3-6(14)10-4-18-12(17)19-20(9)10/h1-4H,(H2,17,19). The minimum Gasteiger partial charge on any atom is -0.367 e. The highest BCUT2D eigenvalue weighted by atomic mass is 79.9. The van der Waals surface area contributed by atoms with Crippen LogP contribution in [-0.2, 0) is 0 Å². The lowest BCUT2D eigenvalue weighted by atomic mass is 10.1. The first-order chi connectivity index (χ1) is 9.47. The summed E-state index contributed by atoms with van der Waals surface area (Å²) in [6.07, 6.45) is 1.15. The van der Waals surface area contributed by atoms with Crippen molar-refractivity contribution in [3.63, 3.8) is 0 Å². The maximum atomic E-state index is 14.0. The zero-order valence-corrected chi connectivity index (χ0v) is 11.3. The van der Waals surface area contributed by atoms with Crippen LogP contribution in [0.4, 0.5) is 19.1 Å². The third-order valence-corrected chi connectivity index (χ3v) is 3.21. The number of hydrogen-bond donors (Lipinski definition) is 1. The van der Waals surface area contributed by atoms with Crippen LogP contribution < -0.4 is 5.73 Å². The topological polar surface area (TPSA) is 56.2 Å². The van der Waals surface area contributed by atoms with Gasteiger partial charge in [0, 0.05) is 10.5 Å². The zero-order chi connectivity index (χ0) is 14.4. The smallest absolute Gasteiger partial charge is 0.238 e. The van der Waals surface area contributed by atoms with E-state index in [0.717, 1.165) is 28.9 Å². The van der Waals surface area contributed by atoms with Crippen molar-refractivity contribution in [3.05, 3.63) is 46.3 Å². The molecule has 0 radical (unpaired) electrons. The maximum Gasteiger partial charge on any atom is 0.238 e. The van der Waals surface area contributed by atoms with Gasteiger partial charge in [-0.2, -0.15) is 0 Å². The zero-order valence-electron chi connectivity index (χ0n) is 9.74. The molecule has 2 N–H and O–H groups in total. The molecule has 1 aromatic carbocycles. The highest BCUT2D eigenvalue weighted by molar-refractivity contribution is 9.10. The third kappa shape index (κ3) is 1.92. The number of hydrogen-bond acceptors (Lipinski definition) is 3. The van der Waals surface area contributed by atoms with E-state index >= 15 is 0 Å². The predicted molar refractivity (Wildman–Crippen MR) is 70.4 cm³/mol. The van der Waals surface area contributed by atoms with Gasteiger partial charge in [0.05, 0.1) is 17.5 Å². The molecule has 0 aliphatic heterocycles. The molecule has 3 rings (SSSR count). The molecule has 2 aromatic heterocycles. The van der Waals surface area contributed by atoms with Gasteiger partial charge in [0.15, 0.2) is 5.82 Å². The molecule has 0 unspecified atom stereocenters. The number of rotatable bonds is 1.